The van der Waals surface area contributed by atoms with Crippen LogP contribution in [0.5, 0.6) is 0 Å². The molecule has 0 aromatic heterocycles. The molecule has 2 unspecified atom stereocenters. The van der Waals surface area contributed by atoms with Crippen molar-refractivity contribution in [3.8, 4) is 0 Å². The third-order valence-corrected chi connectivity index (χ3v) is 4.03. The number of ether oxygens (including phenoxy) is 1. The second-order valence-corrected chi connectivity index (χ2v) is 5.87. The third-order valence-electron chi connectivity index (χ3n) is 4.03. The van der Waals surface area contributed by atoms with Gasteiger partial charge in [0, 0.05) is 32.3 Å². The van der Waals surface area contributed by atoms with Crippen molar-refractivity contribution in [2.24, 2.45) is 0 Å². The summed E-state index contributed by atoms with van der Waals surface area (Å²) in [4.78, 5) is 2.55. The number of hydrogen-bond acceptors (Lipinski definition) is 3. The second-order valence-electron chi connectivity index (χ2n) is 5.87. The summed E-state index contributed by atoms with van der Waals surface area (Å²) >= 11 is 0. The minimum Gasteiger partial charge on any atom is -0.377 e. The molecule has 1 saturated heterocycles. The number of piperidine rings is 1. The Bertz CT molecular complexity index is 209. The first-order valence-electron chi connectivity index (χ1n) is 8.33. The fourth-order valence-electron chi connectivity index (χ4n) is 2.86. The Morgan fingerprint density at radius 2 is 2.16 bits per heavy atom. The zero-order valence-electron chi connectivity index (χ0n) is 13.3. The van der Waals surface area contributed by atoms with E-state index >= 15 is 0 Å². The summed E-state index contributed by atoms with van der Waals surface area (Å²) in [6, 6.07) is 0.666. The van der Waals surface area contributed by atoms with E-state index in [9.17, 15) is 0 Å². The maximum Gasteiger partial charge on any atom is 0.0702 e. The van der Waals surface area contributed by atoms with Gasteiger partial charge in [0.2, 0.25) is 0 Å². The Labute approximate surface area is 120 Å². The summed E-state index contributed by atoms with van der Waals surface area (Å²) < 4.78 is 5.74. The highest BCUT2D eigenvalue weighted by Crippen LogP contribution is 2.12. The van der Waals surface area contributed by atoms with E-state index in [-0.39, 0.29) is 0 Å². The summed E-state index contributed by atoms with van der Waals surface area (Å²) in [7, 11) is 0. The smallest absolute Gasteiger partial charge is 0.0702 e. The lowest BCUT2D eigenvalue weighted by Gasteiger charge is -2.32. The number of hydrogen-bond donors (Lipinski definition) is 1. The predicted molar refractivity (Wildman–Crippen MR) is 82.7 cm³/mol. The lowest BCUT2D eigenvalue weighted by atomic mass is 10.1. The van der Waals surface area contributed by atoms with Gasteiger partial charge in [-0.25, -0.2) is 0 Å². The summed E-state index contributed by atoms with van der Waals surface area (Å²) in [6.45, 7) is 12.2. The van der Waals surface area contributed by atoms with E-state index in [4.69, 9.17) is 4.74 Å². The zero-order valence-corrected chi connectivity index (χ0v) is 13.3. The van der Waals surface area contributed by atoms with Crippen LogP contribution in [0.2, 0.25) is 0 Å². The molecule has 0 radical (unpaired) electrons. The number of likely N-dealkylation sites (tertiary alicyclic amines) is 1. The average molecular weight is 270 g/mol. The van der Waals surface area contributed by atoms with Gasteiger partial charge in [-0.2, -0.15) is 0 Å². The molecule has 1 rings (SSSR count). The van der Waals surface area contributed by atoms with Gasteiger partial charge in [-0.1, -0.05) is 26.2 Å². The fraction of sp³-hybridized carbons (Fsp3) is 1.00. The first-order chi connectivity index (χ1) is 9.26. The Balaban J connectivity index is 2.04. The molecule has 2 atom stereocenters. The summed E-state index contributed by atoms with van der Waals surface area (Å²) in [5.41, 5.74) is 0. The molecule has 0 aliphatic carbocycles. The highest BCUT2D eigenvalue weighted by atomic mass is 16.5. The van der Waals surface area contributed by atoms with Gasteiger partial charge in [0.1, 0.15) is 0 Å². The second kappa shape index (κ2) is 10.6. The molecular weight excluding hydrogens is 236 g/mol. The van der Waals surface area contributed by atoms with E-state index in [2.05, 4.69) is 31.0 Å². The van der Waals surface area contributed by atoms with Gasteiger partial charge in [0.15, 0.2) is 0 Å². The Morgan fingerprint density at radius 1 is 1.32 bits per heavy atom. The zero-order chi connectivity index (χ0) is 13.9. The molecule has 1 aliphatic heterocycles. The molecule has 1 aliphatic rings. The lowest BCUT2D eigenvalue weighted by Crippen LogP contribution is -2.43. The topological polar surface area (TPSA) is 24.5 Å². The van der Waals surface area contributed by atoms with Crippen molar-refractivity contribution in [1.29, 1.82) is 0 Å². The van der Waals surface area contributed by atoms with Crippen LogP contribution in [0, 0.1) is 0 Å². The van der Waals surface area contributed by atoms with Crippen molar-refractivity contribution in [1.82, 2.24) is 10.2 Å². The molecule has 0 saturated carbocycles. The number of rotatable bonds is 10. The van der Waals surface area contributed by atoms with Crippen molar-refractivity contribution >= 4 is 0 Å². The standard InChI is InChI=1S/C16H34N2O/c1-4-6-7-9-15(3)17-11-13-18-12-8-10-16(14-18)19-5-2/h15-17H,4-14H2,1-3H3. The molecule has 1 fully saturated rings. The highest BCUT2D eigenvalue weighted by molar-refractivity contribution is 4.74. The Morgan fingerprint density at radius 3 is 2.89 bits per heavy atom. The van der Waals surface area contributed by atoms with E-state index in [1.165, 1.54) is 51.6 Å². The lowest BCUT2D eigenvalue weighted by molar-refractivity contribution is 0.00622. The van der Waals surface area contributed by atoms with E-state index in [0.29, 0.717) is 12.1 Å². The molecule has 1 N–H and O–H groups in total. The van der Waals surface area contributed by atoms with Crippen LogP contribution in [0.4, 0.5) is 0 Å². The number of nitrogens with one attached hydrogen (secondary N) is 1. The van der Waals surface area contributed by atoms with Crippen LogP contribution in [0.25, 0.3) is 0 Å². The fourth-order valence-corrected chi connectivity index (χ4v) is 2.86. The average Bonchev–Trinajstić information content (AvgIpc) is 2.40. The molecule has 1 heterocycles. The highest BCUT2D eigenvalue weighted by Gasteiger charge is 2.19. The number of unbranched alkanes of at least 4 members (excludes halogenated alkanes) is 2. The first-order valence-corrected chi connectivity index (χ1v) is 8.33. The summed E-state index contributed by atoms with van der Waals surface area (Å²) in [6.07, 6.45) is 8.37. The van der Waals surface area contributed by atoms with Crippen LogP contribution < -0.4 is 5.32 Å². The van der Waals surface area contributed by atoms with Gasteiger partial charge in [-0.05, 0) is 39.7 Å². The minimum atomic E-state index is 0.473. The third kappa shape index (κ3) is 7.91. The van der Waals surface area contributed by atoms with Gasteiger partial charge in [0.25, 0.3) is 0 Å². The van der Waals surface area contributed by atoms with E-state index < -0.39 is 0 Å². The van der Waals surface area contributed by atoms with Gasteiger partial charge < -0.3 is 10.1 Å². The van der Waals surface area contributed by atoms with Crippen LogP contribution in [0.15, 0.2) is 0 Å². The SMILES string of the molecule is CCCCCC(C)NCCN1CCCC(OCC)C1. The molecule has 3 heteroatoms. The molecule has 0 spiro atoms. The summed E-state index contributed by atoms with van der Waals surface area (Å²) in [5.74, 6) is 0. The van der Waals surface area contributed by atoms with Crippen molar-refractivity contribution in [3.05, 3.63) is 0 Å². The van der Waals surface area contributed by atoms with Crippen LogP contribution in [0.1, 0.15) is 59.3 Å². The molecule has 0 aromatic rings. The van der Waals surface area contributed by atoms with E-state index in [1.54, 1.807) is 0 Å². The van der Waals surface area contributed by atoms with Crippen molar-refractivity contribution in [2.75, 3.05) is 32.8 Å². The van der Waals surface area contributed by atoms with Gasteiger partial charge in [-0.3, -0.25) is 4.90 Å². The molecule has 114 valence electrons. The van der Waals surface area contributed by atoms with Crippen molar-refractivity contribution in [2.45, 2.75) is 71.4 Å². The van der Waals surface area contributed by atoms with Gasteiger partial charge in [0.05, 0.1) is 6.10 Å². The molecule has 0 aromatic carbocycles. The number of nitrogens with zero attached hydrogens (tertiary/aromatic N) is 1. The first kappa shape index (κ1) is 16.9. The molecular formula is C16H34N2O. The predicted octanol–water partition coefficient (Wildman–Crippen LogP) is 3.05. The largest absolute Gasteiger partial charge is 0.377 e. The molecule has 0 bridgehead atoms. The van der Waals surface area contributed by atoms with Gasteiger partial charge in [-0.15, -0.1) is 0 Å². The van der Waals surface area contributed by atoms with Crippen LogP contribution >= 0.6 is 0 Å². The normalized spacial score (nSPS) is 22.6. The Hall–Kier alpha value is -0.120. The van der Waals surface area contributed by atoms with Crippen LogP contribution in [-0.2, 0) is 4.74 Å². The summed E-state index contributed by atoms with van der Waals surface area (Å²) in [5, 5.41) is 3.65. The monoisotopic (exact) mass is 270 g/mol. The van der Waals surface area contributed by atoms with Crippen LogP contribution in [-0.4, -0.2) is 49.8 Å². The van der Waals surface area contributed by atoms with E-state index in [1.807, 2.05) is 0 Å². The van der Waals surface area contributed by atoms with Crippen LogP contribution in [0.3, 0.4) is 0 Å². The molecule has 3 nitrogen and oxygen atoms in total. The van der Waals surface area contributed by atoms with Gasteiger partial charge >= 0.3 is 0 Å². The maximum atomic E-state index is 5.74. The Kier molecular flexibility index (Phi) is 9.48. The quantitative estimate of drug-likeness (QED) is 0.618. The maximum absolute atomic E-state index is 5.74. The molecule has 0 amide bonds. The molecule has 19 heavy (non-hydrogen) atoms. The van der Waals surface area contributed by atoms with Crippen molar-refractivity contribution in [3.63, 3.8) is 0 Å². The van der Waals surface area contributed by atoms with Crippen molar-refractivity contribution < 1.29 is 4.74 Å². The minimum absolute atomic E-state index is 0.473. The van der Waals surface area contributed by atoms with E-state index in [0.717, 1.165) is 19.7 Å².